The van der Waals surface area contributed by atoms with Gasteiger partial charge in [0.25, 0.3) is 0 Å². The smallest absolute Gasteiger partial charge is 0.854 e. The molecule has 0 amide bonds. The first kappa shape index (κ1) is 47.3. The van der Waals surface area contributed by atoms with Crippen LogP contribution in [0.4, 0.5) is 0 Å². The van der Waals surface area contributed by atoms with Crippen molar-refractivity contribution in [3.8, 4) is 0 Å². The van der Waals surface area contributed by atoms with Gasteiger partial charge < -0.3 is 20.4 Å². The fourth-order valence-corrected chi connectivity index (χ4v) is 4.28. The van der Waals surface area contributed by atoms with Crippen molar-refractivity contribution < 1.29 is 42.1 Å². The second-order valence-corrected chi connectivity index (χ2v) is 10.1. The van der Waals surface area contributed by atoms with Crippen molar-refractivity contribution >= 4 is 0 Å². The molecule has 0 aliphatic heterocycles. The molecule has 0 unspecified atom stereocenters. The summed E-state index contributed by atoms with van der Waals surface area (Å²) < 4.78 is 0. The van der Waals surface area contributed by atoms with E-state index in [9.17, 15) is 20.4 Å². The minimum Gasteiger partial charge on any atom is -0.854 e. The van der Waals surface area contributed by atoms with E-state index in [4.69, 9.17) is 0 Å². The van der Waals surface area contributed by atoms with Gasteiger partial charge in [0.2, 0.25) is 0 Å². The van der Waals surface area contributed by atoms with Crippen LogP contribution in [0.15, 0.2) is 0 Å². The van der Waals surface area contributed by atoms with E-state index < -0.39 is 0 Å². The first-order valence-electron chi connectivity index (χ1n) is 15.7. The number of rotatable bonds is 20. The first-order chi connectivity index (χ1) is 17.4. The SMILES string of the molecule is CCC(CC)CCC[O-].CCC(CC)CCC[O-].CCC(CC)CCC[O-].CCC(CC)CCC[O-].[Ti+4]. The molecular weight excluding hydrogens is 496 g/mol. The molecule has 5 heteroatoms. The second kappa shape index (κ2) is 43.6. The Morgan fingerprint density at radius 3 is 0.541 bits per heavy atom. The summed E-state index contributed by atoms with van der Waals surface area (Å²) in [5.41, 5.74) is 0. The minimum absolute atomic E-state index is 0. The summed E-state index contributed by atoms with van der Waals surface area (Å²) >= 11 is 0. The van der Waals surface area contributed by atoms with Gasteiger partial charge in [-0.1, -0.05) is 158 Å². The minimum atomic E-state index is 0. The maximum absolute atomic E-state index is 10.1. The largest absolute Gasteiger partial charge is 4.00 e. The van der Waals surface area contributed by atoms with Crippen molar-refractivity contribution in [3.05, 3.63) is 0 Å². The zero-order valence-electron chi connectivity index (χ0n) is 26.6. The van der Waals surface area contributed by atoms with Crippen molar-refractivity contribution in [2.45, 2.75) is 158 Å². The Bertz CT molecular complexity index is 265. The van der Waals surface area contributed by atoms with Gasteiger partial charge in [-0.25, -0.2) is 0 Å². The Balaban J connectivity index is -0.000000122. The summed E-state index contributed by atoms with van der Waals surface area (Å²) in [6.45, 7) is 18.0. The van der Waals surface area contributed by atoms with Gasteiger partial charge in [-0.05, 0) is 23.7 Å². The van der Waals surface area contributed by atoms with Crippen LogP contribution in [0.25, 0.3) is 0 Å². The molecule has 4 nitrogen and oxygen atoms in total. The standard InChI is InChI=1S/4C8H17O.Ti/c4*1-3-8(4-2)6-5-7-9;/h4*8H,3-7H2,1-2H3;/q4*-1;+4. The Morgan fingerprint density at radius 1 is 0.324 bits per heavy atom. The first-order valence-corrected chi connectivity index (χ1v) is 15.7. The van der Waals surface area contributed by atoms with E-state index in [-0.39, 0.29) is 48.1 Å². The van der Waals surface area contributed by atoms with Crippen LogP contribution >= 0.6 is 0 Å². The molecule has 0 fully saturated rings. The molecule has 0 saturated carbocycles. The van der Waals surface area contributed by atoms with Crippen LogP contribution in [-0.4, -0.2) is 26.4 Å². The van der Waals surface area contributed by atoms with Crippen molar-refractivity contribution in [2.24, 2.45) is 23.7 Å². The summed E-state index contributed by atoms with van der Waals surface area (Å²) in [5.74, 6) is 3.22. The van der Waals surface area contributed by atoms with Gasteiger partial charge >= 0.3 is 21.7 Å². The van der Waals surface area contributed by atoms with Gasteiger partial charge in [0.15, 0.2) is 0 Å². The normalized spacial score (nSPS) is 10.4. The monoisotopic (exact) mass is 564 g/mol. The van der Waals surface area contributed by atoms with Gasteiger partial charge in [0, 0.05) is 0 Å². The van der Waals surface area contributed by atoms with E-state index in [1.165, 1.54) is 51.4 Å². The zero-order chi connectivity index (χ0) is 28.5. The molecule has 0 aromatic heterocycles. The zero-order valence-corrected chi connectivity index (χ0v) is 28.1. The molecule has 0 aliphatic carbocycles. The summed E-state index contributed by atoms with van der Waals surface area (Å²) in [6.07, 6.45) is 17.9. The van der Waals surface area contributed by atoms with Gasteiger partial charge in [-0.3, -0.25) is 0 Å². The van der Waals surface area contributed by atoms with Gasteiger partial charge in [-0.2, -0.15) is 0 Å². The predicted octanol–water partition coefficient (Wildman–Crippen LogP) is 6.25. The van der Waals surface area contributed by atoms with Crippen LogP contribution in [0.3, 0.4) is 0 Å². The van der Waals surface area contributed by atoms with Crippen LogP contribution < -0.4 is 20.4 Å². The third kappa shape index (κ3) is 41.2. The Labute approximate surface area is 249 Å². The van der Waals surface area contributed by atoms with E-state index >= 15 is 0 Å². The van der Waals surface area contributed by atoms with E-state index in [0.29, 0.717) is 0 Å². The topological polar surface area (TPSA) is 92.2 Å². The van der Waals surface area contributed by atoms with Crippen LogP contribution in [0.5, 0.6) is 0 Å². The molecule has 0 aromatic rings. The molecule has 0 heterocycles. The van der Waals surface area contributed by atoms with Crippen LogP contribution in [0, 0.1) is 23.7 Å². The van der Waals surface area contributed by atoms with Crippen molar-refractivity contribution in [1.29, 1.82) is 0 Å². The third-order valence-electron chi connectivity index (χ3n) is 7.65. The van der Waals surface area contributed by atoms with E-state index in [1.54, 1.807) is 0 Å². The molecular formula is C32H68O4Ti. The molecule has 0 atom stereocenters. The fourth-order valence-electron chi connectivity index (χ4n) is 4.28. The van der Waals surface area contributed by atoms with E-state index in [1.807, 2.05) is 0 Å². The molecule has 0 rings (SSSR count). The molecule has 0 aromatic carbocycles. The maximum atomic E-state index is 10.1. The molecule has 0 spiro atoms. The molecule has 224 valence electrons. The van der Waals surface area contributed by atoms with Crippen LogP contribution in [-0.2, 0) is 21.7 Å². The predicted molar refractivity (Wildman–Crippen MR) is 153 cm³/mol. The number of hydrogen-bond donors (Lipinski definition) is 0. The Hall–Kier alpha value is 0.554. The van der Waals surface area contributed by atoms with Crippen molar-refractivity contribution in [1.82, 2.24) is 0 Å². The van der Waals surface area contributed by atoms with Crippen molar-refractivity contribution in [2.75, 3.05) is 26.4 Å². The summed E-state index contributed by atoms with van der Waals surface area (Å²) in [6, 6.07) is 0. The third-order valence-corrected chi connectivity index (χ3v) is 7.65. The summed E-state index contributed by atoms with van der Waals surface area (Å²) in [4.78, 5) is 0. The van der Waals surface area contributed by atoms with Gasteiger partial charge in [-0.15, -0.1) is 26.4 Å². The van der Waals surface area contributed by atoms with Crippen LogP contribution in [0.2, 0.25) is 0 Å². The van der Waals surface area contributed by atoms with Gasteiger partial charge in [0.05, 0.1) is 0 Å². The van der Waals surface area contributed by atoms with E-state index in [2.05, 4.69) is 55.4 Å². The van der Waals surface area contributed by atoms with E-state index in [0.717, 1.165) is 75.0 Å². The maximum Gasteiger partial charge on any atom is 4.00 e. The van der Waals surface area contributed by atoms with Crippen molar-refractivity contribution in [3.63, 3.8) is 0 Å². The van der Waals surface area contributed by atoms with Crippen LogP contribution in [0.1, 0.15) is 158 Å². The summed E-state index contributed by atoms with van der Waals surface area (Å²) in [7, 11) is 0. The molecule has 0 N–H and O–H groups in total. The summed E-state index contributed by atoms with van der Waals surface area (Å²) in [5, 5.41) is 40.3. The Morgan fingerprint density at radius 2 is 0.459 bits per heavy atom. The average molecular weight is 565 g/mol. The Kier molecular flexibility index (Phi) is 55.8. The molecule has 37 heavy (non-hydrogen) atoms. The second-order valence-electron chi connectivity index (χ2n) is 10.1. The molecule has 0 aliphatic rings. The number of hydrogen-bond acceptors (Lipinski definition) is 4. The average Bonchev–Trinajstić information content (AvgIpc) is 2.92. The van der Waals surface area contributed by atoms with Gasteiger partial charge in [0.1, 0.15) is 0 Å². The molecule has 0 radical (unpaired) electrons. The molecule has 0 saturated heterocycles. The molecule has 0 bridgehead atoms. The quantitative estimate of drug-likeness (QED) is 0.163. The fraction of sp³-hybridized carbons (Fsp3) is 1.00.